The Morgan fingerprint density at radius 1 is 1.31 bits per heavy atom. The smallest absolute Gasteiger partial charge is 0.0751 e. The molecule has 0 aromatic rings. The molecule has 96 valence electrons. The van der Waals surface area contributed by atoms with Crippen LogP contribution in [0.1, 0.15) is 6.42 Å². The third kappa shape index (κ3) is 5.77. The van der Waals surface area contributed by atoms with Crippen LogP contribution >= 0.6 is 0 Å². The highest BCUT2D eigenvalue weighted by atomic mass is 16.5. The average molecular weight is 231 g/mol. The Hall–Kier alpha value is -0.200. The predicted octanol–water partition coefficient (Wildman–Crippen LogP) is -0.730. The van der Waals surface area contributed by atoms with Crippen molar-refractivity contribution >= 4 is 0 Å². The van der Waals surface area contributed by atoms with Gasteiger partial charge in [-0.25, -0.2) is 0 Å². The number of hydrogen-bond acceptors (Lipinski definition) is 5. The third-order valence-corrected chi connectivity index (χ3v) is 2.71. The summed E-state index contributed by atoms with van der Waals surface area (Å²) in [7, 11) is 4.07. The Labute approximate surface area is 98.3 Å². The molecule has 2 atom stereocenters. The number of hydrogen-bond donors (Lipinski definition) is 2. The molecule has 1 fully saturated rings. The summed E-state index contributed by atoms with van der Waals surface area (Å²) in [5, 5.41) is 3.25. The lowest BCUT2D eigenvalue weighted by Gasteiger charge is -2.29. The van der Waals surface area contributed by atoms with Crippen LogP contribution in [0.2, 0.25) is 0 Å². The summed E-state index contributed by atoms with van der Waals surface area (Å²) >= 11 is 0. The van der Waals surface area contributed by atoms with Gasteiger partial charge in [0.1, 0.15) is 0 Å². The normalized spacial score (nSPS) is 26.2. The minimum absolute atomic E-state index is 0.121. The zero-order chi connectivity index (χ0) is 11.8. The van der Waals surface area contributed by atoms with Crippen LogP contribution in [0.3, 0.4) is 0 Å². The number of nitrogens with two attached hydrogens (primary N) is 1. The summed E-state index contributed by atoms with van der Waals surface area (Å²) in [6.07, 6.45) is 1.19. The largest absolute Gasteiger partial charge is 0.378 e. The second-order valence-electron chi connectivity index (χ2n) is 4.48. The van der Waals surface area contributed by atoms with Gasteiger partial charge in [-0.3, -0.25) is 0 Å². The van der Waals surface area contributed by atoms with Gasteiger partial charge in [-0.15, -0.1) is 0 Å². The quantitative estimate of drug-likeness (QED) is 0.566. The summed E-state index contributed by atoms with van der Waals surface area (Å²) in [6, 6.07) is 0.121. The molecule has 1 saturated heterocycles. The van der Waals surface area contributed by atoms with Crippen LogP contribution in [-0.2, 0) is 9.47 Å². The van der Waals surface area contributed by atoms with Crippen molar-refractivity contribution in [3.05, 3.63) is 0 Å². The van der Waals surface area contributed by atoms with Gasteiger partial charge in [-0.05, 0) is 27.1 Å². The molecule has 0 bridgehead atoms. The van der Waals surface area contributed by atoms with E-state index < -0.39 is 0 Å². The molecule has 0 saturated carbocycles. The molecule has 0 amide bonds. The van der Waals surface area contributed by atoms with E-state index in [2.05, 4.69) is 10.2 Å². The monoisotopic (exact) mass is 231 g/mol. The van der Waals surface area contributed by atoms with Crippen molar-refractivity contribution in [1.29, 1.82) is 0 Å². The molecule has 16 heavy (non-hydrogen) atoms. The maximum atomic E-state index is 5.92. The molecule has 1 aliphatic heterocycles. The molecule has 5 heteroatoms. The first kappa shape index (κ1) is 13.9. The van der Waals surface area contributed by atoms with E-state index in [0.29, 0.717) is 13.2 Å². The van der Waals surface area contributed by atoms with E-state index in [0.717, 1.165) is 32.7 Å². The van der Waals surface area contributed by atoms with Gasteiger partial charge in [-0.2, -0.15) is 0 Å². The highest BCUT2D eigenvalue weighted by molar-refractivity contribution is 4.81. The number of likely N-dealkylation sites (N-methyl/N-ethyl adjacent to an activating group) is 1. The van der Waals surface area contributed by atoms with Crippen molar-refractivity contribution in [3.8, 4) is 0 Å². The number of ether oxygens (including phenoxy) is 2. The van der Waals surface area contributed by atoms with Crippen LogP contribution in [0, 0.1) is 0 Å². The fourth-order valence-corrected chi connectivity index (χ4v) is 1.67. The molecule has 5 nitrogen and oxygen atoms in total. The Kier molecular flexibility index (Phi) is 6.91. The van der Waals surface area contributed by atoms with Gasteiger partial charge >= 0.3 is 0 Å². The van der Waals surface area contributed by atoms with Gasteiger partial charge in [0, 0.05) is 19.1 Å². The van der Waals surface area contributed by atoms with Crippen molar-refractivity contribution < 1.29 is 9.47 Å². The van der Waals surface area contributed by atoms with Gasteiger partial charge < -0.3 is 25.4 Å². The zero-order valence-electron chi connectivity index (χ0n) is 10.4. The first-order valence-electron chi connectivity index (χ1n) is 6.00. The van der Waals surface area contributed by atoms with E-state index in [-0.39, 0.29) is 12.1 Å². The van der Waals surface area contributed by atoms with E-state index in [9.17, 15) is 0 Å². The Bertz CT molecular complexity index is 179. The first-order valence-corrected chi connectivity index (χ1v) is 6.00. The van der Waals surface area contributed by atoms with Crippen LogP contribution in [0.15, 0.2) is 0 Å². The van der Waals surface area contributed by atoms with E-state index in [4.69, 9.17) is 15.2 Å². The van der Waals surface area contributed by atoms with Crippen LogP contribution < -0.4 is 11.1 Å². The third-order valence-electron chi connectivity index (χ3n) is 2.71. The second kappa shape index (κ2) is 7.97. The van der Waals surface area contributed by atoms with Crippen molar-refractivity contribution in [2.24, 2.45) is 5.73 Å². The topological polar surface area (TPSA) is 59.8 Å². The summed E-state index contributed by atoms with van der Waals surface area (Å²) in [6.45, 7) is 4.86. The van der Waals surface area contributed by atoms with Gasteiger partial charge in [0.2, 0.25) is 0 Å². The molecule has 2 unspecified atom stereocenters. The molecule has 0 radical (unpaired) electrons. The van der Waals surface area contributed by atoms with Crippen molar-refractivity contribution in [1.82, 2.24) is 10.2 Å². The minimum Gasteiger partial charge on any atom is -0.378 e. The highest BCUT2D eigenvalue weighted by Gasteiger charge is 2.21. The highest BCUT2D eigenvalue weighted by Crippen LogP contribution is 2.05. The zero-order valence-corrected chi connectivity index (χ0v) is 10.4. The molecule has 3 N–H and O–H groups in total. The van der Waals surface area contributed by atoms with Crippen LogP contribution in [0.5, 0.6) is 0 Å². The molecule has 0 aliphatic carbocycles. The maximum absolute atomic E-state index is 5.92. The van der Waals surface area contributed by atoms with E-state index >= 15 is 0 Å². The van der Waals surface area contributed by atoms with Gasteiger partial charge in [-0.1, -0.05) is 0 Å². The Balaban J connectivity index is 1.94. The SMILES string of the molecule is CN(C)CCOCCOC1CCNCC1N. The average Bonchev–Trinajstić information content (AvgIpc) is 2.25. The van der Waals surface area contributed by atoms with E-state index in [1.54, 1.807) is 0 Å². The standard InChI is InChI=1S/C11H25N3O2/c1-14(2)5-6-15-7-8-16-11-3-4-13-9-10(11)12/h10-11,13H,3-9,12H2,1-2H3. The van der Waals surface area contributed by atoms with E-state index in [1.165, 1.54) is 0 Å². The molecule has 1 heterocycles. The summed E-state index contributed by atoms with van der Waals surface area (Å²) in [5.41, 5.74) is 5.92. The number of nitrogens with zero attached hydrogens (tertiary/aromatic N) is 1. The lowest BCUT2D eigenvalue weighted by Crippen LogP contribution is -2.50. The minimum atomic E-state index is 0.121. The maximum Gasteiger partial charge on any atom is 0.0751 e. The molecule has 0 aromatic heterocycles. The lowest BCUT2D eigenvalue weighted by molar-refractivity contribution is -0.0170. The summed E-state index contributed by atoms with van der Waals surface area (Å²) in [5.74, 6) is 0. The van der Waals surface area contributed by atoms with Gasteiger partial charge in [0.05, 0.1) is 25.9 Å². The second-order valence-corrected chi connectivity index (χ2v) is 4.48. The van der Waals surface area contributed by atoms with Crippen LogP contribution in [0.4, 0.5) is 0 Å². The number of nitrogens with one attached hydrogen (secondary N) is 1. The molecule has 0 aromatic carbocycles. The molecular formula is C11H25N3O2. The van der Waals surface area contributed by atoms with Crippen LogP contribution in [0.25, 0.3) is 0 Å². The first-order chi connectivity index (χ1) is 7.70. The van der Waals surface area contributed by atoms with Gasteiger partial charge in [0.25, 0.3) is 0 Å². The number of piperidine rings is 1. The molecular weight excluding hydrogens is 206 g/mol. The van der Waals surface area contributed by atoms with Gasteiger partial charge in [0.15, 0.2) is 0 Å². The summed E-state index contributed by atoms with van der Waals surface area (Å²) in [4.78, 5) is 2.10. The Morgan fingerprint density at radius 2 is 2.12 bits per heavy atom. The fourth-order valence-electron chi connectivity index (χ4n) is 1.67. The molecule has 1 aliphatic rings. The van der Waals surface area contributed by atoms with Crippen molar-refractivity contribution in [2.75, 3.05) is 53.6 Å². The fraction of sp³-hybridized carbons (Fsp3) is 1.00. The summed E-state index contributed by atoms with van der Waals surface area (Å²) < 4.78 is 11.1. The molecule has 0 spiro atoms. The Morgan fingerprint density at radius 3 is 2.81 bits per heavy atom. The number of rotatable bonds is 7. The molecule has 1 rings (SSSR count). The van der Waals surface area contributed by atoms with E-state index in [1.807, 2.05) is 14.1 Å². The van der Waals surface area contributed by atoms with Crippen LogP contribution in [-0.4, -0.2) is 70.6 Å². The predicted molar refractivity (Wildman–Crippen MR) is 64.6 cm³/mol. The van der Waals surface area contributed by atoms with Crippen molar-refractivity contribution in [3.63, 3.8) is 0 Å². The van der Waals surface area contributed by atoms with Crippen molar-refractivity contribution in [2.45, 2.75) is 18.6 Å². The lowest BCUT2D eigenvalue weighted by atomic mass is 10.1.